The van der Waals surface area contributed by atoms with Crippen molar-refractivity contribution in [2.24, 2.45) is 0 Å². The first kappa shape index (κ1) is 8.00. The van der Waals surface area contributed by atoms with Gasteiger partial charge in [0, 0.05) is 18.7 Å². The van der Waals surface area contributed by atoms with E-state index >= 15 is 0 Å². The third-order valence-corrected chi connectivity index (χ3v) is 2.87. The lowest BCUT2D eigenvalue weighted by Gasteiger charge is -2.01. The smallest absolute Gasteiger partial charge is 0.0679 e. The van der Waals surface area contributed by atoms with Crippen LogP contribution in [-0.4, -0.2) is 22.7 Å². The maximum Gasteiger partial charge on any atom is 0.0679 e. The van der Waals surface area contributed by atoms with Crippen molar-refractivity contribution >= 4 is 5.52 Å². The average molecular weight is 187 g/mol. The van der Waals surface area contributed by atoms with Gasteiger partial charge in [0.2, 0.25) is 0 Å². The Balaban J connectivity index is 2.05. The van der Waals surface area contributed by atoms with E-state index in [9.17, 15) is 0 Å². The molecule has 0 aliphatic carbocycles. The van der Waals surface area contributed by atoms with Crippen LogP contribution in [0.3, 0.4) is 0 Å². The van der Waals surface area contributed by atoms with Crippen LogP contribution >= 0.6 is 0 Å². The number of fused-ring (bicyclic) bond motifs is 1. The molecule has 1 saturated heterocycles. The summed E-state index contributed by atoms with van der Waals surface area (Å²) in [7, 11) is 0. The SMILES string of the molecule is c1ccn2nc(C3CCNC3)cc2c1. The van der Waals surface area contributed by atoms with Gasteiger partial charge in [-0.05, 0) is 31.2 Å². The Bertz CT molecular complexity index is 407. The molecule has 1 unspecified atom stereocenters. The van der Waals surface area contributed by atoms with Gasteiger partial charge >= 0.3 is 0 Å². The molecule has 14 heavy (non-hydrogen) atoms. The van der Waals surface area contributed by atoms with E-state index in [0.717, 1.165) is 13.1 Å². The van der Waals surface area contributed by atoms with E-state index in [-0.39, 0.29) is 0 Å². The highest BCUT2D eigenvalue weighted by Crippen LogP contribution is 2.21. The fraction of sp³-hybridized carbons (Fsp3) is 0.364. The molecule has 3 rings (SSSR count). The van der Waals surface area contributed by atoms with Crippen molar-refractivity contribution in [3.05, 3.63) is 36.2 Å². The lowest BCUT2D eigenvalue weighted by molar-refractivity contribution is 0.718. The molecule has 1 atom stereocenters. The average Bonchev–Trinajstić information content (AvgIpc) is 2.86. The van der Waals surface area contributed by atoms with Crippen LogP contribution in [0.4, 0.5) is 0 Å². The van der Waals surface area contributed by atoms with Crippen LogP contribution in [0.25, 0.3) is 5.52 Å². The van der Waals surface area contributed by atoms with Gasteiger partial charge in [-0.1, -0.05) is 6.07 Å². The highest BCUT2D eigenvalue weighted by molar-refractivity contribution is 5.47. The summed E-state index contributed by atoms with van der Waals surface area (Å²) in [6.07, 6.45) is 3.21. The molecule has 0 amide bonds. The zero-order valence-corrected chi connectivity index (χ0v) is 7.98. The molecule has 0 spiro atoms. The van der Waals surface area contributed by atoms with Crippen LogP contribution in [0.1, 0.15) is 18.0 Å². The summed E-state index contributed by atoms with van der Waals surface area (Å²) >= 11 is 0. The Hall–Kier alpha value is -1.35. The van der Waals surface area contributed by atoms with Crippen LogP contribution in [0.15, 0.2) is 30.5 Å². The van der Waals surface area contributed by atoms with E-state index in [1.54, 1.807) is 0 Å². The number of nitrogens with zero attached hydrogens (tertiary/aromatic N) is 2. The first-order valence-corrected chi connectivity index (χ1v) is 5.08. The normalized spacial score (nSPS) is 21.9. The van der Waals surface area contributed by atoms with Crippen LogP contribution in [-0.2, 0) is 0 Å². The van der Waals surface area contributed by atoms with Gasteiger partial charge in [0.1, 0.15) is 0 Å². The van der Waals surface area contributed by atoms with E-state index in [1.165, 1.54) is 17.6 Å². The summed E-state index contributed by atoms with van der Waals surface area (Å²) in [5, 5.41) is 7.94. The summed E-state index contributed by atoms with van der Waals surface area (Å²) in [5.74, 6) is 0.606. The predicted molar refractivity (Wildman–Crippen MR) is 55.4 cm³/mol. The molecule has 1 aliphatic rings. The monoisotopic (exact) mass is 187 g/mol. The third-order valence-electron chi connectivity index (χ3n) is 2.87. The maximum atomic E-state index is 4.57. The largest absolute Gasteiger partial charge is 0.316 e. The number of hydrogen-bond donors (Lipinski definition) is 1. The first-order chi connectivity index (χ1) is 6.93. The zero-order valence-electron chi connectivity index (χ0n) is 7.98. The van der Waals surface area contributed by atoms with Crippen molar-refractivity contribution in [3.8, 4) is 0 Å². The molecular formula is C11H13N3. The lowest BCUT2D eigenvalue weighted by atomic mass is 10.1. The first-order valence-electron chi connectivity index (χ1n) is 5.08. The highest BCUT2D eigenvalue weighted by atomic mass is 15.2. The van der Waals surface area contributed by atoms with Gasteiger partial charge in [0.15, 0.2) is 0 Å². The number of rotatable bonds is 1. The molecule has 1 N–H and O–H groups in total. The fourth-order valence-corrected chi connectivity index (χ4v) is 2.06. The Labute approximate surface area is 82.7 Å². The zero-order chi connectivity index (χ0) is 9.38. The number of hydrogen-bond acceptors (Lipinski definition) is 2. The summed E-state index contributed by atoms with van der Waals surface area (Å²) in [5.41, 5.74) is 2.41. The van der Waals surface area contributed by atoms with Crippen LogP contribution in [0.2, 0.25) is 0 Å². The Morgan fingerprint density at radius 2 is 2.43 bits per heavy atom. The maximum absolute atomic E-state index is 4.57. The van der Waals surface area contributed by atoms with Crippen molar-refractivity contribution in [1.29, 1.82) is 0 Å². The molecule has 72 valence electrons. The van der Waals surface area contributed by atoms with Gasteiger partial charge in [-0.25, -0.2) is 4.52 Å². The lowest BCUT2D eigenvalue weighted by Crippen LogP contribution is -2.08. The second-order valence-corrected chi connectivity index (χ2v) is 3.83. The second kappa shape index (κ2) is 3.10. The topological polar surface area (TPSA) is 29.3 Å². The van der Waals surface area contributed by atoms with Crippen LogP contribution in [0.5, 0.6) is 0 Å². The van der Waals surface area contributed by atoms with E-state index in [0.29, 0.717) is 5.92 Å². The molecule has 1 fully saturated rings. The molecule has 2 aromatic rings. The quantitative estimate of drug-likeness (QED) is 0.731. The van der Waals surface area contributed by atoms with Crippen molar-refractivity contribution in [2.45, 2.75) is 12.3 Å². The molecule has 2 aromatic heterocycles. The Morgan fingerprint density at radius 1 is 1.43 bits per heavy atom. The van der Waals surface area contributed by atoms with Crippen LogP contribution < -0.4 is 5.32 Å². The van der Waals surface area contributed by atoms with E-state index in [4.69, 9.17) is 0 Å². The molecule has 0 aromatic carbocycles. The van der Waals surface area contributed by atoms with Crippen LogP contribution in [0, 0.1) is 0 Å². The number of aromatic nitrogens is 2. The van der Waals surface area contributed by atoms with E-state index in [2.05, 4.69) is 22.5 Å². The molecule has 0 radical (unpaired) electrons. The van der Waals surface area contributed by atoms with Crippen molar-refractivity contribution in [3.63, 3.8) is 0 Å². The molecule has 0 bridgehead atoms. The summed E-state index contributed by atoms with van der Waals surface area (Å²) in [6, 6.07) is 8.35. The summed E-state index contributed by atoms with van der Waals surface area (Å²) in [6.45, 7) is 2.20. The molecule has 0 saturated carbocycles. The summed E-state index contributed by atoms with van der Waals surface area (Å²) < 4.78 is 1.95. The van der Waals surface area contributed by atoms with Gasteiger partial charge in [-0.15, -0.1) is 0 Å². The standard InChI is InChI=1S/C11H13N3/c1-2-6-14-10(3-1)7-11(13-14)9-4-5-12-8-9/h1-3,6-7,9,12H,4-5,8H2. The Morgan fingerprint density at radius 3 is 3.21 bits per heavy atom. The molecule has 3 nitrogen and oxygen atoms in total. The Kier molecular flexibility index (Phi) is 1.77. The van der Waals surface area contributed by atoms with E-state index in [1.807, 2.05) is 22.8 Å². The molecule has 1 aliphatic heterocycles. The number of pyridine rings is 1. The molecular weight excluding hydrogens is 174 g/mol. The minimum absolute atomic E-state index is 0.606. The van der Waals surface area contributed by atoms with E-state index < -0.39 is 0 Å². The highest BCUT2D eigenvalue weighted by Gasteiger charge is 2.19. The second-order valence-electron chi connectivity index (χ2n) is 3.83. The number of nitrogens with one attached hydrogen (secondary N) is 1. The fourth-order valence-electron chi connectivity index (χ4n) is 2.06. The predicted octanol–water partition coefficient (Wildman–Crippen LogP) is 1.41. The summed E-state index contributed by atoms with van der Waals surface area (Å²) in [4.78, 5) is 0. The van der Waals surface area contributed by atoms with Gasteiger partial charge in [0.05, 0.1) is 11.2 Å². The van der Waals surface area contributed by atoms with Gasteiger partial charge in [-0.2, -0.15) is 5.10 Å². The molecule has 3 heterocycles. The van der Waals surface area contributed by atoms with Crippen molar-refractivity contribution < 1.29 is 0 Å². The van der Waals surface area contributed by atoms with Crippen molar-refractivity contribution in [1.82, 2.24) is 14.9 Å². The van der Waals surface area contributed by atoms with Gasteiger partial charge < -0.3 is 5.32 Å². The van der Waals surface area contributed by atoms with Crippen molar-refractivity contribution in [2.75, 3.05) is 13.1 Å². The molecule has 3 heteroatoms. The van der Waals surface area contributed by atoms with Gasteiger partial charge in [-0.3, -0.25) is 0 Å². The minimum Gasteiger partial charge on any atom is -0.316 e. The minimum atomic E-state index is 0.606. The third kappa shape index (κ3) is 1.21. The van der Waals surface area contributed by atoms with Gasteiger partial charge in [0.25, 0.3) is 0 Å².